The average molecular weight is 291 g/mol. The van der Waals surface area contributed by atoms with Crippen LogP contribution in [0.2, 0.25) is 0 Å². The van der Waals surface area contributed by atoms with Gasteiger partial charge in [0.15, 0.2) is 0 Å². The molecule has 1 nitrogen and oxygen atoms in total. The van der Waals surface area contributed by atoms with E-state index in [0.717, 1.165) is 6.04 Å². The first kappa shape index (κ1) is 18.2. The van der Waals surface area contributed by atoms with Crippen LogP contribution in [0.15, 0.2) is 30.3 Å². The van der Waals surface area contributed by atoms with Crippen molar-refractivity contribution in [3.05, 3.63) is 35.9 Å². The van der Waals surface area contributed by atoms with Crippen molar-refractivity contribution in [3.8, 4) is 0 Å². The molecule has 1 rings (SSSR count). The molecule has 1 heteroatoms. The predicted molar refractivity (Wildman–Crippen MR) is 94.6 cm³/mol. The van der Waals surface area contributed by atoms with E-state index in [1.54, 1.807) is 0 Å². The van der Waals surface area contributed by atoms with Gasteiger partial charge in [0, 0.05) is 0 Å². The Morgan fingerprint density at radius 2 is 1.57 bits per heavy atom. The minimum Gasteiger partial charge on any atom is -0.326 e. The fourth-order valence-electron chi connectivity index (χ4n) is 2.94. The molecule has 0 aliphatic heterocycles. The fraction of sp³-hybridized carbons (Fsp3) is 0.700. The molecule has 0 saturated heterocycles. The highest BCUT2D eigenvalue weighted by atomic mass is 15.3. The van der Waals surface area contributed by atoms with Crippen LogP contribution in [-0.2, 0) is 6.42 Å². The van der Waals surface area contributed by atoms with Crippen LogP contribution in [0, 0.1) is 0 Å². The van der Waals surface area contributed by atoms with Crippen LogP contribution in [0.1, 0.15) is 64.4 Å². The van der Waals surface area contributed by atoms with Crippen molar-refractivity contribution in [3.63, 3.8) is 0 Å². The first-order valence-corrected chi connectivity index (χ1v) is 8.93. The van der Waals surface area contributed by atoms with Gasteiger partial charge in [-0.25, -0.2) is 0 Å². The summed E-state index contributed by atoms with van der Waals surface area (Å²) < 4.78 is 1.18. The van der Waals surface area contributed by atoms with Gasteiger partial charge in [-0.2, -0.15) is 0 Å². The van der Waals surface area contributed by atoms with E-state index in [1.165, 1.54) is 68.0 Å². The van der Waals surface area contributed by atoms with Gasteiger partial charge in [-0.3, -0.25) is 0 Å². The van der Waals surface area contributed by atoms with Crippen molar-refractivity contribution in [2.75, 3.05) is 20.6 Å². The molecule has 0 amide bonds. The lowest BCUT2D eigenvalue weighted by atomic mass is 10.0. The van der Waals surface area contributed by atoms with E-state index in [-0.39, 0.29) is 0 Å². The lowest BCUT2D eigenvalue weighted by Crippen LogP contribution is -2.47. The fourth-order valence-corrected chi connectivity index (χ4v) is 2.94. The van der Waals surface area contributed by atoms with E-state index in [0.29, 0.717) is 0 Å². The monoisotopic (exact) mass is 290 g/mol. The zero-order valence-corrected chi connectivity index (χ0v) is 14.8. The molecule has 1 aromatic rings. The van der Waals surface area contributed by atoms with Crippen LogP contribution in [0.3, 0.4) is 0 Å². The van der Waals surface area contributed by atoms with E-state index in [1.807, 2.05) is 0 Å². The average Bonchev–Trinajstić information content (AvgIpc) is 2.48. The maximum absolute atomic E-state index is 2.43. The molecular formula is C20H36N+. The number of rotatable bonds is 11. The Balaban J connectivity index is 2.20. The SMILES string of the molecule is CCCCCCC[N+](C)(C)C(C)CCCc1ccccc1. The minimum absolute atomic E-state index is 0.764. The largest absolute Gasteiger partial charge is 0.326 e. The third kappa shape index (κ3) is 7.66. The highest BCUT2D eigenvalue weighted by Gasteiger charge is 2.22. The Morgan fingerprint density at radius 1 is 0.905 bits per heavy atom. The Bertz CT molecular complexity index is 355. The van der Waals surface area contributed by atoms with Crippen molar-refractivity contribution in [1.82, 2.24) is 0 Å². The highest BCUT2D eigenvalue weighted by Crippen LogP contribution is 2.16. The summed E-state index contributed by atoms with van der Waals surface area (Å²) in [6.45, 7) is 6.04. The van der Waals surface area contributed by atoms with Crippen molar-refractivity contribution < 1.29 is 4.48 Å². The van der Waals surface area contributed by atoms with Gasteiger partial charge in [0.05, 0.1) is 26.7 Å². The first-order valence-electron chi connectivity index (χ1n) is 8.93. The molecule has 0 aliphatic rings. The summed E-state index contributed by atoms with van der Waals surface area (Å²) in [7, 11) is 4.82. The van der Waals surface area contributed by atoms with Crippen molar-refractivity contribution in [2.45, 2.75) is 71.3 Å². The van der Waals surface area contributed by atoms with Crippen LogP contribution in [0.4, 0.5) is 0 Å². The molecule has 0 aliphatic carbocycles. The van der Waals surface area contributed by atoms with Crippen LogP contribution in [0.5, 0.6) is 0 Å². The van der Waals surface area contributed by atoms with E-state index >= 15 is 0 Å². The molecule has 0 saturated carbocycles. The molecule has 0 radical (unpaired) electrons. The van der Waals surface area contributed by atoms with Crippen molar-refractivity contribution >= 4 is 0 Å². The molecule has 0 N–H and O–H groups in total. The smallest absolute Gasteiger partial charge is 0.0857 e. The van der Waals surface area contributed by atoms with Crippen molar-refractivity contribution in [2.24, 2.45) is 0 Å². The first-order chi connectivity index (χ1) is 10.1. The summed E-state index contributed by atoms with van der Waals surface area (Å²) >= 11 is 0. The molecule has 21 heavy (non-hydrogen) atoms. The third-order valence-corrected chi connectivity index (χ3v) is 4.96. The normalized spacial score (nSPS) is 13.3. The summed E-state index contributed by atoms with van der Waals surface area (Å²) in [5, 5.41) is 0. The van der Waals surface area contributed by atoms with E-state index in [4.69, 9.17) is 0 Å². The number of hydrogen-bond donors (Lipinski definition) is 0. The molecule has 1 aromatic carbocycles. The lowest BCUT2D eigenvalue weighted by molar-refractivity contribution is -0.913. The summed E-state index contributed by atoms with van der Waals surface area (Å²) in [4.78, 5) is 0. The molecule has 120 valence electrons. The Morgan fingerprint density at radius 3 is 2.24 bits per heavy atom. The second kappa shape index (κ2) is 10.00. The highest BCUT2D eigenvalue weighted by molar-refractivity contribution is 5.14. The van der Waals surface area contributed by atoms with Crippen LogP contribution >= 0.6 is 0 Å². The zero-order chi connectivity index (χ0) is 15.6. The van der Waals surface area contributed by atoms with Gasteiger partial charge in [0.25, 0.3) is 0 Å². The minimum atomic E-state index is 0.764. The number of hydrogen-bond acceptors (Lipinski definition) is 0. The lowest BCUT2D eigenvalue weighted by Gasteiger charge is -2.36. The zero-order valence-electron chi connectivity index (χ0n) is 14.8. The van der Waals surface area contributed by atoms with Crippen LogP contribution in [0.25, 0.3) is 0 Å². The maximum atomic E-state index is 2.43. The number of quaternary nitrogens is 1. The Labute approximate surface area is 133 Å². The topological polar surface area (TPSA) is 0 Å². The van der Waals surface area contributed by atoms with Crippen LogP contribution < -0.4 is 0 Å². The number of nitrogens with zero attached hydrogens (tertiary/aromatic N) is 1. The van der Waals surface area contributed by atoms with Gasteiger partial charge in [0.2, 0.25) is 0 Å². The van der Waals surface area contributed by atoms with E-state index < -0.39 is 0 Å². The third-order valence-electron chi connectivity index (χ3n) is 4.96. The molecule has 1 atom stereocenters. The molecule has 0 spiro atoms. The summed E-state index contributed by atoms with van der Waals surface area (Å²) in [5.74, 6) is 0. The number of aryl methyl sites for hydroxylation is 1. The second-order valence-electron chi connectivity index (χ2n) is 7.14. The quantitative estimate of drug-likeness (QED) is 0.376. The molecule has 0 aromatic heterocycles. The van der Waals surface area contributed by atoms with Gasteiger partial charge in [-0.05, 0) is 44.6 Å². The van der Waals surface area contributed by atoms with Crippen LogP contribution in [-0.4, -0.2) is 31.2 Å². The number of benzene rings is 1. The predicted octanol–water partition coefficient (Wildman–Crippen LogP) is 5.44. The Kier molecular flexibility index (Phi) is 8.68. The molecular weight excluding hydrogens is 254 g/mol. The summed E-state index contributed by atoms with van der Waals surface area (Å²) in [6.07, 6.45) is 10.8. The van der Waals surface area contributed by atoms with Gasteiger partial charge < -0.3 is 4.48 Å². The van der Waals surface area contributed by atoms with E-state index in [2.05, 4.69) is 58.3 Å². The van der Waals surface area contributed by atoms with Gasteiger partial charge in [-0.1, -0.05) is 56.5 Å². The summed E-state index contributed by atoms with van der Waals surface area (Å²) in [6, 6.07) is 11.7. The Hall–Kier alpha value is -0.820. The van der Waals surface area contributed by atoms with Crippen molar-refractivity contribution in [1.29, 1.82) is 0 Å². The second-order valence-corrected chi connectivity index (χ2v) is 7.14. The molecule has 0 bridgehead atoms. The van der Waals surface area contributed by atoms with E-state index in [9.17, 15) is 0 Å². The molecule has 0 fully saturated rings. The van der Waals surface area contributed by atoms with Gasteiger partial charge in [0.1, 0.15) is 0 Å². The van der Waals surface area contributed by atoms with Gasteiger partial charge >= 0.3 is 0 Å². The summed E-state index contributed by atoms with van der Waals surface area (Å²) in [5.41, 5.74) is 1.48. The molecule has 1 unspecified atom stereocenters. The molecule has 0 heterocycles. The maximum Gasteiger partial charge on any atom is 0.0857 e. The van der Waals surface area contributed by atoms with Gasteiger partial charge in [-0.15, -0.1) is 0 Å². The number of unbranched alkanes of at least 4 members (excludes halogenated alkanes) is 4. The standard InChI is InChI=1S/C20H36N/c1-5-6-7-8-12-18-21(3,4)19(2)14-13-17-20-15-10-9-11-16-20/h9-11,15-16,19H,5-8,12-14,17-18H2,1-4H3/q+1.